The molecule has 0 radical (unpaired) electrons. The van der Waals surface area contributed by atoms with E-state index in [2.05, 4.69) is 0 Å². The Morgan fingerprint density at radius 1 is 1.21 bits per heavy atom. The average Bonchev–Trinajstić information content (AvgIpc) is 3.02. The molecule has 0 spiro atoms. The van der Waals surface area contributed by atoms with E-state index in [1.165, 1.54) is 12.0 Å². The fourth-order valence-corrected chi connectivity index (χ4v) is 2.84. The lowest BCUT2D eigenvalue weighted by Crippen LogP contribution is -2.11. The number of ether oxygens (including phenoxy) is 2. The Balaban J connectivity index is 1.43. The minimum atomic E-state index is -0.175. The van der Waals surface area contributed by atoms with Gasteiger partial charge in [-0.15, -0.1) is 0 Å². The van der Waals surface area contributed by atoms with Crippen LogP contribution in [-0.4, -0.2) is 12.6 Å². The molecule has 3 nitrogen and oxygen atoms in total. The summed E-state index contributed by atoms with van der Waals surface area (Å²) in [7, 11) is 0. The van der Waals surface area contributed by atoms with Crippen molar-refractivity contribution in [3.05, 3.63) is 41.7 Å². The molecule has 2 bridgehead atoms. The van der Waals surface area contributed by atoms with E-state index >= 15 is 0 Å². The number of carbonyl (C=O) groups excluding carboxylic acids is 1. The third-order valence-corrected chi connectivity index (χ3v) is 3.81. The Morgan fingerprint density at radius 2 is 2.05 bits per heavy atom. The van der Waals surface area contributed by atoms with Gasteiger partial charge < -0.3 is 9.47 Å². The van der Waals surface area contributed by atoms with Crippen LogP contribution in [0.25, 0.3) is 0 Å². The lowest BCUT2D eigenvalue weighted by molar-refractivity contribution is -0.140. The molecule has 1 fully saturated rings. The summed E-state index contributed by atoms with van der Waals surface area (Å²) in [5.74, 6) is 2.29. The fourth-order valence-electron chi connectivity index (χ4n) is 2.84. The molecule has 1 saturated carbocycles. The van der Waals surface area contributed by atoms with Gasteiger partial charge in [-0.1, -0.05) is 18.2 Å². The van der Waals surface area contributed by atoms with Crippen molar-refractivity contribution in [2.75, 3.05) is 6.61 Å². The Hall–Kier alpha value is -1.77. The molecule has 0 heterocycles. The highest BCUT2D eigenvalue weighted by molar-refractivity contribution is 5.71. The molecule has 1 aromatic carbocycles. The molecule has 19 heavy (non-hydrogen) atoms. The predicted octanol–water partition coefficient (Wildman–Crippen LogP) is 3.46. The van der Waals surface area contributed by atoms with Crippen LogP contribution in [-0.2, 0) is 9.53 Å². The van der Waals surface area contributed by atoms with Gasteiger partial charge in [-0.05, 0) is 42.9 Å². The van der Waals surface area contributed by atoms with E-state index in [1.807, 2.05) is 30.3 Å². The summed E-state index contributed by atoms with van der Waals surface area (Å²) in [5.41, 5.74) is 1.36. The number of hydrogen-bond donors (Lipinski definition) is 0. The standard InChI is InChI=1S/C16H18O3/c17-16(8-9-18-14-4-2-1-3-5-14)19-15-11-12-6-7-13(15)10-12/h1-5,12H,6-11H2. The van der Waals surface area contributed by atoms with Crippen molar-refractivity contribution in [3.63, 3.8) is 0 Å². The van der Waals surface area contributed by atoms with Crippen LogP contribution in [0.15, 0.2) is 41.7 Å². The lowest BCUT2D eigenvalue weighted by Gasteiger charge is -2.12. The van der Waals surface area contributed by atoms with E-state index in [1.54, 1.807) is 0 Å². The predicted molar refractivity (Wildman–Crippen MR) is 71.6 cm³/mol. The lowest BCUT2D eigenvalue weighted by atomic mass is 10.1. The SMILES string of the molecule is O=C(CCOc1ccccc1)OC1=C2CCC(C2)C1. The number of rotatable bonds is 5. The van der Waals surface area contributed by atoms with Gasteiger partial charge in [-0.2, -0.15) is 0 Å². The molecular formula is C16H18O3. The van der Waals surface area contributed by atoms with Crippen LogP contribution in [0, 0.1) is 5.92 Å². The summed E-state index contributed by atoms with van der Waals surface area (Å²) in [4.78, 5) is 11.7. The molecule has 1 unspecified atom stereocenters. The van der Waals surface area contributed by atoms with Crippen LogP contribution in [0.1, 0.15) is 32.1 Å². The number of hydrogen-bond acceptors (Lipinski definition) is 3. The first kappa shape index (κ1) is 12.3. The maximum absolute atomic E-state index is 11.7. The zero-order valence-corrected chi connectivity index (χ0v) is 10.9. The minimum Gasteiger partial charge on any atom is -0.493 e. The molecule has 0 N–H and O–H groups in total. The topological polar surface area (TPSA) is 35.5 Å². The van der Waals surface area contributed by atoms with Crippen molar-refractivity contribution in [2.45, 2.75) is 32.1 Å². The van der Waals surface area contributed by atoms with Gasteiger partial charge in [0.05, 0.1) is 13.0 Å². The summed E-state index contributed by atoms with van der Waals surface area (Å²) in [6, 6.07) is 9.52. The second-order valence-electron chi connectivity index (χ2n) is 5.23. The van der Waals surface area contributed by atoms with Crippen molar-refractivity contribution in [1.29, 1.82) is 0 Å². The normalized spacial score (nSPS) is 20.7. The highest BCUT2D eigenvalue weighted by Crippen LogP contribution is 2.44. The first-order valence-corrected chi connectivity index (χ1v) is 6.90. The second-order valence-corrected chi connectivity index (χ2v) is 5.23. The summed E-state index contributed by atoms with van der Waals surface area (Å²) in [6.45, 7) is 0.370. The number of fused-ring (bicyclic) bond motifs is 2. The van der Waals surface area contributed by atoms with Gasteiger partial charge in [-0.3, -0.25) is 4.79 Å². The first-order chi connectivity index (χ1) is 9.31. The van der Waals surface area contributed by atoms with Crippen molar-refractivity contribution in [2.24, 2.45) is 5.92 Å². The molecule has 0 aliphatic heterocycles. The van der Waals surface area contributed by atoms with Gasteiger partial charge in [0, 0.05) is 6.42 Å². The van der Waals surface area contributed by atoms with Crippen molar-refractivity contribution in [3.8, 4) is 5.75 Å². The van der Waals surface area contributed by atoms with E-state index < -0.39 is 0 Å². The van der Waals surface area contributed by atoms with Gasteiger partial charge >= 0.3 is 5.97 Å². The van der Waals surface area contributed by atoms with Crippen LogP contribution in [0.5, 0.6) is 5.75 Å². The molecule has 1 aromatic rings. The Morgan fingerprint density at radius 3 is 2.74 bits per heavy atom. The van der Waals surface area contributed by atoms with E-state index in [-0.39, 0.29) is 5.97 Å². The van der Waals surface area contributed by atoms with E-state index in [0.717, 1.165) is 36.7 Å². The summed E-state index contributed by atoms with van der Waals surface area (Å²) in [5, 5.41) is 0. The molecule has 0 aromatic heterocycles. The largest absolute Gasteiger partial charge is 0.493 e. The maximum atomic E-state index is 11.7. The summed E-state index contributed by atoms with van der Waals surface area (Å²) in [6.07, 6.45) is 4.79. The summed E-state index contributed by atoms with van der Waals surface area (Å²) < 4.78 is 10.9. The van der Waals surface area contributed by atoms with Crippen LogP contribution in [0.3, 0.4) is 0 Å². The average molecular weight is 258 g/mol. The molecule has 0 saturated heterocycles. The molecule has 2 aliphatic rings. The number of esters is 1. The van der Waals surface area contributed by atoms with Crippen molar-refractivity contribution >= 4 is 5.97 Å². The van der Waals surface area contributed by atoms with Gasteiger partial charge in [0.2, 0.25) is 0 Å². The van der Waals surface area contributed by atoms with Crippen LogP contribution in [0.4, 0.5) is 0 Å². The van der Waals surface area contributed by atoms with Gasteiger partial charge in [0.1, 0.15) is 11.5 Å². The second kappa shape index (κ2) is 5.47. The Kier molecular flexibility index (Phi) is 3.53. The smallest absolute Gasteiger partial charge is 0.314 e. The number of benzene rings is 1. The molecular weight excluding hydrogens is 240 g/mol. The molecule has 1 atom stereocenters. The van der Waals surface area contributed by atoms with E-state index in [0.29, 0.717) is 13.0 Å². The highest BCUT2D eigenvalue weighted by atomic mass is 16.5. The number of carbonyl (C=O) groups is 1. The maximum Gasteiger partial charge on any atom is 0.314 e. The molecule has 3 rings (SSSR count). The molecule has 3 heteroatoms. The zero-order valence-electron chi connectivity index (χ0n) is 10.9. The minimum absolute atomic E-state index is 0.175. The summed E-state index contributed by atoms with van der Waals surface area (Å²) >= 11 is 0. The third kappa shape index (κ3) is 2.98. The van der Waals surface area contributed by atoms with Crippen LogP contribution >= 0.6 is 0 Å². The van der Waals surface area contributed by atoms with E-state index in [9.17, 15) is 4.79 Å². The highest BCUT2D eigenvalue weighted by Gasteiger charge is 2.32. The van der Waals surface area contributed by atoms with Gasteiger partial charge in [0.15, 0.2) is 0 Å². The molecule has 100 valence electrons. The number of allylic oxidation sites excluding steroid dienone is 2. The monoisotopic (exact) mass is 258 g/mol. The first-order valence-electron chi connectivity index (χ1n) is 6.90. The Bertz CT molecular complexity index is 490. The third-order valence-electron chi connectivity index (χ3n) is 3.81. The zero-order chi connectivity index (χ0) is 13.1. The molecule has 0 amide bonds. The molecule has 2 aliphatic carbocycles. The van der Waals surface area contributed by atoms with Gasteiger partial charge in [0.25, 0.3) is 0 Å². The Labute approximate surface area is 113 Å². The quantitative estimate of drug-likeness (QED) is 0.759. The van der Waals surface area contributed by atoms with Crippen LogP contribution in [0.2, 0.25) is 0 Å². The fraction of sp³-hybridized carbons (Fsp3) is 0.438. The van der Waals surface area contributed by atoms with E-state index in [4.69, 9.17) is 9.47 Å². The van der Waals surface area contributed by atoms with Crippen molar-refractivity contribution < 1.29 is 14.3 Å². The van der Waals surface area contributed by atoms with Gasteiger partial charge in [-0.25, -0.2) is 0 Å². The number of para-hydroxylation sites is 1. The van der Waals surface area contributed by atoms with Crippen molar-refractivity contribution in [1.82, 2.24) is 0 Å². The van der Waals surface area contributed by atoms with Crippen LogP contribution < -0.4 is 4.74 Å².